The third kappa shape index (κ3) is 5.14. The van der Waals surface area contributed by atoms with E-state index in [1.165, 1.54) is 0 Å². The van der Waals surface area contributed by atoms with Gasteiger partial charge in [-0.05, 0) is 54.1 Å². The Kier molecular flexibility index (Phi) is 6.39. The molecule has 0 aliphatic rings. The van der Waals surface area contributed by atoms with E-state index in [4.69, 9.17) is 14.5 Å². The van der Waals surface area contributed by atoms with Gasteiger partial charge in [0.1, 0.15) is 17.2 Å². The van der Waals surface area contributed by atoms with E-state index in [1.807, 2.05) is 109 Å². The summed E-state index contributed by atoms with van der Waals surface area (Å²) in [5, 5.41) is 3.87. The number of rotatable bonds is 7. The van der Waals surface area contributed by atoms with Crippen LogP contribution in [0.3, 0.4) is 0 Å². The molecule has 0 aliphatic heterocycles. The Labute approximate surface area is 204 Å². The van der Waals surface area contributed by atoms with Crippen LogP contribution < -0.4 is 14.8 Å². The molecule has 4 aromatic carbocycles. The maximum atomic E-state index is 13.2. The Morgan fingerprint density at radius 2 is 1.40 bits per heavy atom. The number of hydrogen-bond acceptors (Lipinski definition) is 4. The van der Waals surface area contributed by atoms with E-state index in [-0.39, 0.29) is 5.91 Å². The van der Waals surface area contributed by atoms with Crippen LogP contribution >= 0.6 is 0 Å². The third-order valence-corrected chi connectivity index (χ3v) is 5.70. The van der Waals surface area contributed by atoms with Crippen molar-refractivity contribution in [2.45, 2.75) is 6.54 Å². The van der Waals surface area contributed by atoms with E-state index in [0.717, 1.165) is 45.0 Å². The van der Waals surface area contributed by atoms with Gasteiger partial charge in [0.25, 0.3) is 5.91 Å². The standard InChI is InChI=1S/C30H24N2O3/c1-34-23-15-17-25(18-16-23)35-24-13-11-21(12-14-24)20-31-30(33)27-19-29(22-7-3-2-4-8-22)32-28-10-6-5-9-26(27)28/h2-19H,20H2,1H3,(H,31,33). The Bertz CT molecular complexity index is 1450. The molecule has 0 saturated heterocycles. The summed E-state index contributed by atoms with van der Waals surface area (Å²) in [6, 6.07) is 34.5. The minimum atomic E-state index is -0.139. The number of pyridine rings is 1. The number of carbonyl (C=O) groups is 1. The molecule has 5 rings (SSSR count). The Morgan fingerprint density at radius 3 is 2.11 bits per heavy atom. The zero-order chi connectivity index (χ0) is 24.0. The SMILES string of the molecule is COc1ccc(Oc2ccc(CNC(=O)c3cc(-c4ccccc4)nc4ccccc34)cc2)cc1. The van der Waals surface area contributed by atoms with E-state index in [9.17, 15) is 4.79 Å². The van der Waals surface area contributed by atoms with E-state index in [0.29, 0.717) is 12.1 Å². The van der Waals surface area contributed by atoms with Gasteiger partial charge < -0.3 is 14.8 Å². The molecule has 172 valence electrons. The van der Waals surface area contributed by atoms with Gasteiger partial charge in [0.15, 0.2) is 0 Å². The molecule has 5 heteroatoms. The maximum Gasteiger partial charge on any atom is 0.252 e. The quantitative estimate of drug-likeness (QED) is 0.296. The first-order chi connectivity index (χ1) is 17.2. The lowest BCUT2D eigenvalue weighted by atomic mass is 10.0. The van der Waals surface area contributed by atoms with E-state index < -0.39 is 0 Å². The van der Waals surface area contributed by atoms with E-state index in [2.05, 4.69) is 5.32 Å². The average molecular weight is 461 g/mol. The fourth-order valence-electron chi connectivity index (χ4n) is 3.85. The van der Waals surface area contributed by atoms with Gasteiger partial charge in [0, 0.05) is 17.5 Å². The number of carbonyl (C=O) groups excluding carboxylic acids is 1. The molecule has 35 heavy (non-hydrogen) atoms. The lowest BCUT2D eigenvalue weighted by Gasteiger charge is -2.11. The average Bonchev–Trinajstić information content (AvgIpc) is 2.93. The molecule has 0 atom stereocenters. The summed E-state index contributed by atoms with van der Waals surface area (Å²) in [7, 11) is 1.63. The van der Waals surface area contributed by atoms with Crippen LogP contribution in [0.2, 0.25) is 0 Å². The van der Waals surface area contributed by atoms with Gasteiger partial charge in [-0.2, -0.15) is 0 Å². The number of amides is 1. The Hall–Kier alpha value is -4.64. The number of fused-ring (bicyclic) bond motifs is 1. The number of methoxy groups -OCH3 is 1. The van der Waals surface area contributed by atoms with Crippen molar-refractivity contribution in [3.63, 3.8) is 0 Å². The Balaban J connectivity index is 1.30. The summed E-state index contributed by atoms with van der Waals surface area (Å²) in [4.78, 5) is 18.0. The van der Waals surface area contributed by atoms with E-state index >= 15 is 0 Å². The van der Waals surface area contributed by atoms with Gasteiger partial charge in [-0.3, -0.25) is 4.79 Å². The highest BCUT2D eigenvalue weighted by atomic mass is 16.5. The van der Waals surface area contributed by atoms with Crippen LogP contribution in [0.5, 0.6) is 17.2 Å². The van der Waals surface area contributed by atoms with Crippen LogP contribution in [0, 0.1) is 0 Å². The number of nitrogens with zero attached hydrogens (tertiary/aromatic N) is 1. The molecule has 5 aromatic rings. The lowest BCUT2D eigenvalue weighted by Crippen LogP contribution is -2.23. The second-order valence-corrected chi connectivity index (χ2v) is 8.04. The zero-order valence-electron chi connectivity index (χ0n) is 19.3. The van der Waals surface area contributed by atoms with Crippen LogP contribution in [0.25, 0.3) is 22.2 Å². The van der Waals surface area contributed by atoms with Crippen molar-refractivity contribution in [1.29, 1.82) is 0 Å². The van der Waals surface area contributed by atoms with Gasteiger partial charge in [-0.1, -0.05) is 60.7 Å². The third-order valence-electron chi connectivity index (χ3n) is 5.70. The molecule has 0 unspecified atom stereocenters. The number of aromatic nitrogens is 1. The molecule has 1 N–H and O–H groups in total. The minimum absolute atomic E-state index is 0.139. The van der Waals surface area contributed by atoms with Crippen molar-refractivity contribution in [2.24, 2.45) is 0 Å². The van der Waals surface area contributed by atoms with Gasteiger partial charge in [0.05, 0.1) is 23.9 Å². The highest BCUT2D eigenvalue weighted by Crippen LogP contribution is 2.26. The van der Waals surface area contributed by atoms with Crippen molar-refractivity contribution < 1.29 is 14.3 Å². The summed E-state index contributed by atoms with van der Waals surface area (Å²) in [6.45, 7) is 0.402. The molecule has 0 saturated carbocycles. The molecule has 0 radical (unpaired) electrons. The zero-order valence-corrected chi connectivity index (χ0v) is 19.3. The second kappa shape index (κ2) is 10.1. The molecular formula is C30H24N2O3. The number of hydrogen-bond donors (Lipinski definition) is 1. The molecule has 0 aliphatic carbocycles. The first-order valence-electron chi connectivity index (χ1n) is 11.3. The van der Waals surface area contributed by atoms with Crippen LogP contribution in [-0.4, -0.2) is 18.0 Å². The van der Waals surface area contributed by atoms with Crippen LogP contribution in [0.15, 0.2) is 109 Å². The molecular weight excluding hydrogens is 436 g/mol. The normalized spacial score (nSPS) is 10.7. The summed E-state index contributed by atoms with van der Waals surface area (Å²) >= 11 is 0. The van der Waals surface area contributed by atoms with Gasteiger partial charge >= 0.3 is 0 Å². The number of para-hydroxylation sites is 1. The van der Waals surface area contributed by atoms with Gasteiger partial charge in [0.2, 0.25) is 0 Å². The molecule has 1 aromatic heterocycles. The van der Waals surface area contributed by atoms with Gasteiger partial charge in [-0.25, -0.2) is 4.98 Å². The molecule has 0 fully saturated rings. The summed E-state index contributed by atoms with van der Waals surface area (Å²) in [5.41, 5.74) is 4.12. The number of nitrogens with one attached hydrogen (secondary N) is 1. The fourth-order valence-corrected chi connectivity index (χ4v) is 3.85. The van der Waals surface area contributed by atoms with Crippen molar-refractivity contribution in [2.75, 3.05) is 7.11 Å². The minimum Gasteiger partial charge on any atom is -0.497 e. The highest BCUT2D eigenvalue weighted by Gasteiger charge is 2.14. The molecule has 5 nitrogen and oxygen atoms in total. The van der Waals surface area contributed by atoms with Crippen molar-refractivity contribution >= 4 is 16.8 Å². The smallest absolute Gasteiger partial charge is 0.252 e. The summed E-state index contributed by atoms with van der Waals surface area (Å²) < 4.78 is 11.1. The van der Waals surface area contributed by atoms with Crippen molar-refractivity contribution in [3.8, 4) is 28.5 Å². The number of benzene rings is 4. The molecule has 0 bridgehead atoms. The monoisotopic (exact) mass is 460 g/mol. The van der Waals surface area contributed by atoms with E-state index in [1.54, 1.807) is 7.11 Å². The van der Waals surface area contributed by atoms with Crippen LogP contribution in [0.1, 0.15) is 15.9 Å². The predicted molar refractivity (Wildman–Crippen MR) is 138 cm³/mol. The summed E-state index contributed by atoms with van der Waals surface area (Å²) in [5.74, 6) is 2.09. The molecule has 1 heterocycles. The highest BCUT2D eigenvalue weighted by molar-refractivity contribution is 6.07. The predicted octanol–water partition coefficient (Wildman–Crippen LogP) is 6.63. The Morgan fingerprint density at radius 1 is 0.771 bits per heavy atom. The summed E-state index contributed by atoms with van der Waals surface area (Å²) in [6.07, 6.45) is 0. The van der Waals surface area contributed by atoms with Crippen LogP contribution in [0.4, 0.5) is 0 Å². The van der Waals surface area contributed by atoms with Crippen LogP contribution in [-0.2, 0) is 6.54 Å². The largest absolute Gasteiger partial charge is 0.497 e. The first-order valence-corrected chi connectivity index (χ1v) is 11.3. The number of ether oxygens (including phenoxy) is 2. The molecule has 1 amide bonds. The lowest BCUT2D eigenvalue weighted by molar-refractivity contribution is 0.0952. The topological polar surface area (TPSA) is 60.5 Å². The van der Waals surface area contributed by atoms with Crippen molar-refractivity contribution in [1.82, 2.24) is 10.3 Å². The second-order valence-electron chi connectivity index (χ2n) is 8.04. The van der Waals surface area contributed by atoms with Crippen molar-refractivity contribution in [3.05, 3.63) is 120 Å². The fraction of sp³-hybridized carbons (Fsp3) is 0.0667. The molecule has 0 spiro atoms. The maximum absolute atomic E-state index is 13.2. The van der Waals surface area contributed by atoms with Gasteiger partial charge in [-0.15, -0.1) is 0 Å². The first kappa shape index (κ1) is 22.2.